The van der Waals surface area contributed by atoms with Crippen LogP contribution in [0.5, 0.6) is 0 Å². The lowest BCUT2D eigenvalue weighted by Crippen LogP contribution is -2.51. The first kappa shape index (κ1) is 10.4. The Kier molecular flexibility index (Phi) is 1.56. The molecular weight excluding hydrogens is 232 g/mol. The van der Waals surface area contributed by atoms with Gasteiger partial charge in [-0.15, -0.1) is 0 Å². The zero-order valence-corrected chi connectivity index (χ0v) is 12.0. The molecule has 19 heavy (non-hydrogen) atoms. The van der Waals surface area contributed by atoms with E-state index in [1.165, 1.54) is 19.3 Å². The number of rotatable bonds is 0. The lowest BCUT2D eigenvalue weighted by Gasteiger charge is -2.47. The van der Waals surface area contributed by atoms with E-state index in [0.717, 1.165) is 53.3 Å². The monoisotopic (exact) mass is 256 g/mol. The standard InChI is InChI=1S/C18H24O/c1-8-5-11-7-12(8)16-14(11)17-13-9-3-4-10(6-9)15(13)18(16,2)19-17/h3-4,8-17H,5-7H2,1-2H3. The van der Waals surface area contributed by atoms with Crippen LogP contribution in [0.15, 0.2) is 12.2 Å². The van der Waals surface area contributed by atoms with Crippen molar-refractivity contribution in [3.05, 3.63) is 12.2 Å². The molecule has 1 nitrogen and oxygen atoms in total. The first-order chi connectivity index (χ1) is 9.18. The molecule has 0 aromatic heterocycles. The van der Waals surface area contributed by atoms with Crippen LogP contribution in [0.1, 0.15) is 33.1 Å². The molecule has 2 aliphatic heterocycles. The van der Waals surface area contributed by atoms with E-state index in [1.54, 1.807) is 0 Å². The van der Waals surface area contributed by atoms with Crippen molar-refractivity contribution >= 4 is 0 Å². The summed E-state index contributed by atoms with van der Waals surface area (Å²) in [5.74, 6) is 8.35. The Labute approximate surface area is 115 Å². The zero-order valence-electron chi connectivity index (χ0n) is 12.0. The van der Waals surface area contributed by atoms with Gasteiger partial charge in [-0.3, -0.25) is 0 Å². The summed E-state index contributed by atoms with van der Waals surface area (Å²) < 4.78 is 6.76. The molecule has 0 amide bonds. The summed E-state index contributed by atoms with van der Waals surface area (Å²) in [5, 5.41) is 0. The van der Waals surface area contributed by atoms with Crippen molar-refractivity contribution in [2.75, 3.05) is 0 Å². The van der Waals surface area contributed by atoms with E-state index in [1.807, 2.05) is 0 Å². The summed E-state index contributed by atoms with van der Waals surface area (Å²) >= 11 is 0. The van der Waals surface area contributed by atoms with Gasteiger partial charge >= 0.3 is 0 Å². The highest BCUT2D eigenvalue weighted by Crippen LogP contribution is 2.75. The van der Waals surface area contributed by atoms with E-state index >= 15 is 0 Å². The summed E-state index contributed by atoms with van der Waals surface area (Å²) in [7, 11) is 0. The molecule has 2 saturated heterocycles. The van der Waals surface area contributed by atoms with Crippen molar-refractivity contribution in [2.45, 2.75) is 44.8 Å². The number of ether oxygens (including phenoxy) is 1. The van der Waals surface area contributed by atoms with Gasteiger partial charge in [0.25, 0.3) is 0 Å². The maximum absolute atomic E-state index is 6.76. The fraction of sp³-hybridized carbons (Fsp3) is 0.889. The SMILES string of the molecule is CC1CC2CC1C1C2C2OC1(C)C1C3C=CC(C3)C21. The average molecular weight is 256 g/mol. The van der Waals surface area contributed by atoms with E-state index in [9.17, 15) is 0 Å². The molecule has 6 aliphatic rings. The molecule has 6 rings (SSSR count). The minimum atomic E-state index is 0.248. The van der Waals surface area contributed by atoms with Crippen LogP contribution in [0.3, 0.4) is 0 Å². The Morgan fingerprint density at radius 1 is 1.00 bits per heavy atom. The molecule has 102 valence electrons. The van der Waals surface area contributed by atoms with Crippen molar-refractivity contribution < 1.29 is 4.74 Å². The molecule has 0 radical (unpaired) electrons. The number of hydrogen-bond acceptors (Lipinski definition) is 1. The van der Waals surface area contributed by atoms with E-state index < -0.39 is 0 Å². The molecule has 2 heterocycles. The van der Waals surface area contributed by atoms with Crippen molar-refractivity contribution in [1.82, 2.24) is 0 Å². The van der Waals surface area contributed by atoms with Crippen molar-refractivity contribution in [3.8, 4) is 0 Å². The number of fused-ring (bicyclic) bond motifs is 16. The number of hydrogen-bond donors (Lipinski definition) is 0. The summed E-state index contributed by atoms with van der Waals surface area (Å²) in [6, 6.07) is 0. The summed E-state index contributed by atoms with van der Waals surface area (Å²) in [6.45, 7) is 5.02. The topological polar surface area (TPSA) is 9.23 Å². The molecule has 0 aromatic rings. The summed E-state index contributed by atoms with van der Waals surface area (Å²) in [6.07, 6.45) is 10.2. The third-order valence-electron chi connectivity index (χ3n) is 8.39. The Morgan fingerprint density at radius 3 is 2.74 bits per heavy atom. The van der Waals surface area contributed by atoms with Crippen LogP contribution in [0.2, 0.25) is 0 Å². The van der Waals surface area contributed by atoms with E-state index in [2.05, 4.69) is 26.0 Å². The molecule has 4 aliphatic carbocycles. The summed E-state index contributed by atoms with van der Waals surface area (Å²) in [4.78, 5) is 0. The molecule has 0 spiro atoms. The van der Waals surface area contributed by atoms with Gasteiger partial charge in [0.05, 0.1) is 11.7 Å². The highest BCUT2D eigenvalue weighted by Gasteiger charge is 2.76. The van der Waals surface area contributed by atoms with Crippen LogP contribution in [-0.2, 0) is 4.74 Å². The predicted molar refractivity (Wildman–Crippen MR) is 73.4 cm³/mol. The van der Waals surface area contributed by atoms with E-state index in [0.29, 0.717) is 6.10 Å². The molecular formula is C18H24O. The molecule has 1 heteroatoms. The first-order valence-electron chi connectivity index (χ1n) is 8.54. The average Bonchev–Trinajstić information content (AvgIpc) is 3.12. The van der Waals surface area contributed by atoms with Gasteiger partial charge < -0.3 is 4.74 Å². The van der Waals surface area contributed by atoms with Crippen LogP contribution in [0.4, 0.5) is 0 Å². The Hall–Kier alpha value is -0.300. The molecule has 5 fully saturated rings. The van der Waals surface area contributed by atoms with E-state index in [4.69, 9.17) is 4.74 Å². The maximum Gasteiger partial charge on any atom is 0.0730 e. The maximum atomic E-state index is 6.76. The van der Waals surface area contributed by atoms with Crippen molar-refractivity contribution in [1.29, 1.82) is 0 Å². The van der Waals surface area contributed by atoms with Gasteiger partial charge in [0, 0.05) is 5.92 Å². The third-order valence-corrected chi connectivity index (χ3v) is 8.39. The molecule has 6 bridgehead atoms. The van der Waals surface area contributed by atoms with Crippen molar-refractivity contribution in [2.24, 2.45) is 53.3 Å². The second kappa shape index (κ2) is 2.84. The van der Waals surface area contributed by atoms with Crippen LogP contribution >= 0.6 is 0 Å². The molecule has 11 atom stereocenters. The van der Waals surface area contributed by atoms with Gasteiger partial charge in [-0.2, -0.15) is 0 Å². The van der Waals surface area contributed by atoms with Gasteiger partial charge in [-0.25, -0.2) is 0 Å². The Morgan fingerprint density at radius 2 is 1.84 bits per heavy atom. The van der Waals surface area contributed by atoms with Crippen LogP contribution in [-0.4, -0.2) is 11.7 Å². The van der Waals surface area contributed by atoms with Gasteiger partial charge in [0.1, 0.15) is 0 Å². The van der Waals surface area contributed by atoms with Crippen LogP contribution < -0.4 is 0 Å². The highest BCUT2D eigenvalue weighted by atomic mass is 16.5. The Bertz CT molecular complexity index is 496. The van der Waals surface area contributed by atoms with Gasteiger partial charge in [-0.05, 0) is 73.5 Å². The highest BCUT2D eigenvalue weighted by molar-refractivity contribution is 5.29. The van der Waals surface area contributed by atoms with Gasteiger partial charge in [0.2, 0.25) is 0 Å². The minimum absolute atomic E-state index is 0.248. The first-order valence-corrected chi connectivity index (χ1v) is 8.54. The second-order valence-corrected chi connectivity index (χ2v) is 8.79. The van der Waals surface area contributed by atoms with E-state index in [-0.39, 0.29) is 5.60 Å². The quantitative estimate of drug-likeness (QED) is 0.603. The second-order valence-electron chi connectivity index (χ2n) is 8.79. The van der Waals surface area contributed by atoms with Crippen LogP contribution in [0.25, 0.3) is 0 Å². The molecule has 11 unspecified atom stereocenters. The molecule has 0 aromatic carbocycles. The van der Waals surface area contributed by atoms with Crippen molar-refractivity contribution in [3.63, 3.8) is 0 Å². The third kappa shape index (κ3) is 0.898. The smallest absolute Gasteiger partial charge is 0.0730 e. The number of allylic oxidation sites excluding steroid dienone is 2. The molecule has 3 saturated carbocycles. The van der Waals surface area contributed by atoms with Gasteiger partial charge in [0.15, 0.2) is 0 Å². The zero-order chi connectivity index (χ0) is 12.5. The largest absolute Gasteiger partial charge is 0.371 e. The fourth-order valence-corrected chi connectivity index (χ4v) is 8.21. The Balaban J connectivity index is 1.51. The normalized spacial score (nSPS) is 74.0. The minimum Gasteiger partial charge on any atom is -0.371 e. The fourth-order valence-electron chi connectivity index (χ4n) is 8.21. The molecule has 0 N–H and O–H groups in total. The lowest BCUT2D eigenvalue weighted by atomic mass is 9.55. The van der Waals surface area contributed by atoms with Gasteiger partial charge in [-0.1, -0.05) is 19.1 Å². The lowest BCUT2D eigenvalue weighted by molar-refractivity contribution is -0.0441. The van der Waals surface area contributed by atoms with Crippen LogP contribution in [0, 0.1) is 53.3 Å². The summed E-state index contributed by atoms with van der Waals surface area (Å²) in [5.41, 5.74) is 0.248. The predicted octanol–water partition coefficient (Wildman–Crippen LogP) is 3.50.